The zero-order valence-corrected chi connectivity index (χ0v) is 15.0. The quantitative estimate of drug-likeness (QED) is 0.411. The second-order valence-corrected chi connectivity index (χ2v) is 7.88. The van der Waals surface area contributed by atoms with E-state index in [-0.39, 0.29) is 29.6 Å². The fourth-order valence-corrected chi connectivity index (χ4v) is 3.34. The molecule has 7 heteroatoms. The van der Waals surface area contributed by atoms with Crippen LogP contribution in [0.1, 0.15) is 5.56 Å². The van der Waals surface area contributed by atoms with Crippen molar-refractivity contribution in [2.45, 2.75) is 6.54 Å². The molecule has 0 aromatic heterocycles. The van der Waals surface area contributed by atoms with Gasteiger partial charge in [0, 0.05) is 18.8 Å². The summed E-state index contributed by atoms with van der Waals surface area (Å²) in [7, 11) is 0. The van der Waals surface area contributed by atoms with Gasteiger partial charge >= 0.3 is 29.6 Å². The summed E-state index contributed by atoms with van der Waals surface area (Å²) in [6, 6.07) is 14.3. The standard InChI is InChI=1S/C13H16NO3PS.Na/c15-18(16,17)19-9-8-14-10-12-6-3-5-11-4-1-2-7-13(11)12;/h1-7,14H,8-10H2,(H2,15,16,17);/q;+1/p-1. The Bertz CT molecular complexity index is 600. The van der Waals surface area contributed by atoms with Crippen LogP contribution in [0.25, 0.3) is 10.8 Å². The van der Waals surface area contributed by atoms with E-state index in [4.69, 9.17) is 4.89 Å². The topological polar surface area (TPSA) is 72.4 Å². The van der Waals surface area contributed by atoms with Gasteiger partial charge in [-0.3, -0.25) is 4.57 Å². The minimum Gasteiger partial charge on any atom is -0.770 e. The zero-order valence-electron chi connectivity index (χ0n) is 11.3. The molecule has 0 spiro atoms. The predicted molar refractivity (Wildman–Crippen MR) is 77.9 cm³/mol. The van der Waals surface area contributed by atoms with Crippen LogP contribution in [0.5, 0.6) is 0 Å². The smallest absolute Gasteiger partial charge is 0.770 e. The number of nitrogens with one attached hydrogen (secondary N) is 1. The third-order valence-corrected chi connectivity index (χ3v) is 4.97. The van der Waals surface area contributed by atoms with Crippen LogP contribution in [-0.4, -0.2) is 17.2 Å². The van der Waals surface area contributed by atoms with Gasteiger partial charge in [0.1, 0.15) is 0 Å². The number of hydrogen-bond donors (Lipinski definition) is 2. The Balaban J connectivity index is 0.00000200. The molecular formula is C13H15NNaO3PS. The molecule has 1 unspecified atom stereocenters. The van der Waals surface area contributed by atoms with Crippen LogP contribution < -0.4 is 39.8 Å². The monoisotopic (exact) mass is 319 g/mol. The predicted octanol–water partition coefficient (Wildman–Crippen LogP) is -0.873. The molecule has 2 N–H and O–H groups in total. The van der Waals surface area contributed by atoms with Crippen molar-refractivity contribution in [1.29, 1.82) is 0 Å². The van der Waals surface area contributed by atoms with Crippen molar-refractivity contribution in [1.82, 2.24) is 5.32 Å². The van der Waals surface area contributed by atoms with Crippen LogP contribution in [0.4, 0.5) is 0 Å². The first-order valence-corrected chi connectivity index (χ1v) is 9.09. The molecule has 102 valence electrons. The molecule has 0 radical (unpaired) electrons. The van der Waals surface area contributed by atoms with Crippen molar-refractivity contribution in [3.05, 3.63) is 48.0 Å². The van der Waals surface area contributed by atoms with Crippen molar-refractivity contribution in [3.8, 4) is 0 Å². The van der Waals surface area contributed by atoms with Gasteiger partial charge in [-0.15, -0.1) is 0 Å². The Morgan fingerprint density at radius 1 is 1.20 bits per heavy atom. The molecule has 4 nitrogen and oxygen atoms in total. The average molecular weight is 319 g/mol. The molecule has 0 saturated heterocycles. The van der Waals surface area contributed by atoms with Gasteiger partial charge in [-0.25, -0.2) is 0 Å². The molecule has 20 heavy (non-hydrogen) atoms. The summed E-state index contributed by atoms with van der Waals surface area (Å²) in [6.45, 7) is -2.98. The van der Waals surface area contributed by atoms with Crippen LogP contribution >= 0.6 is 18.2 Å². The molecule has 0 aliphatic carbocycles. The van der Waals surface area contributed by atoms with Crippen LogP contribution in [0.15, 0.2) is 42.5 Å². The minimum absolute atomic E-state index is 0. The Hall–Kier alpha value is 0.160. The fraction of sp³-hybridized carbons (Fsp3) is 0.231. The van der Waals surface area contributed by atoms with Gasteiger partial charge in [0.25, 0.3) is 0 Å². The van der Waals surface area contributed by atoms with E-state index in [0.29, 0.717) is 30.2 Å². The van der Waals surface area contributed by atoms with Crippen molar-refractivity contribution in [3.63, 3.8) is 0 Å². The van der Waals surface area contributed by atoms with E-state index in [0.717, 1.165) is 0 Å². The van der Waals surface area contributed by atoms with E-state index < -0.39 is 6.80 Å². The van der Waals surface area contributed by atoms with E-state index in [1.54, 1.807) is 0 Å². The van der Waals surface area contributed by atoms with Gasteiger partial charge in [0.15, 0.2) is 6.80 Å². The summed E-state index contributed by atoms with van der Waals surface area (Å²) in [5, 5.41) is 5.56. The van der Waals surface area contributed by atoms with E-state index in [1.807, 2.05) is 24.3 Å². The third kappa shape index (κ3) is 5.88. The first-order valence-electron chi connectivity index (χ1n) is 5.92. The third-order valence-electron chi connectivity index (χ3n) is 2.73. The van der Waals surface area contributed by atoms with Crippen molar-refractivity contribution in [2.75, 3.05) is 12.3 Å². The molecule has 2 rings (SSSR count). The zero-order chi connectivity index (χ0) is 13.7. The second kappa shape index (κ2) is 8.57. The minimum atomic E-state index is -4.19. The number of rotatable bonds is 6. The van der Waals surface area contributed by atoms with Gasteiger partial charge in [0.05, 0.1) is 0 Å². The summed E-state index contributed by atoms with van der Waals surface area (Å²) in [5.41, 5.74) is 1.18. The molecule has 0 fully saturated rings. The van der Waals surface area contributed by atoms with Crippen LogP contribution in [0, 0.1) is 0 Å². The molecule has 0 heterocycles. The number of fused-ring (bicyclic) bond motifs is 1. The average Bonchev–Trinajstić information content (AvgIpc) is 2.37. The SMILES string of the molecule is O=P([O-])(O)SCCNCc1cccc2ccccc12.[Na+]. The maximum Gasteiger partial charge on any atom is 1.00 e. The largest absolute Gasteiger partial charge is 1.00 e. The summed E-state index contributed by atoms with van der Waals surface area (Å²) in [5.74, 6) is 0.335. The van der Waals surface area contributed by atoms with Crippen LogP contribution in [0.2, 0.25) is 0 Å². The second-order valence-electron chi connectivity index (χ2n) is 4.12. The van der Waals surface area contributed by atoms with Gasteiger partial charge in [-0.2, -0.15) is 0 Å². The molecular weight excluding hydrogens is 304 g/mol. The molecule has 0 amide bonds. The maximum absolute atomic E-state index is 10.6. The first-order chi connectivity index (χ1) is 9.06. The van der Waals surface area contributed by atoms with Crippen LogP contribution in [-0.2, 0) is 11.1 Å². The van der Waals surface area contributed by atoms with Crippen molar-refractivity contribution >= 4 is 29.0 Å². The molecule has 0 aliphatic rings. The first kappa shape index (κ1) is 18.2. The molecule has 2 aromatic rings. The van der Waals surface area contributed by atoms with Gasteiger partial charge in [-0.1, -0.05) is 53.8 Å². The maximum atomic E-state index is 10.6. The molecule has 2 aromatic carbocycles. The van der Waals surface area contributed by atoms with Crippen molar-refractivity contribution < 1.29 is 43.9 Å². The van der Waals surface area contributed by atoms with E-state index in [1.165, 1.54) is 16.3 Å². The summed E-state index contributed by atoms with van der Waals surface area (Å²) < 4.78 is 10.6. The number of benzene rings is 2. The Morgan fingerprint density at radius 3 is 2.65 bits per heavy atom. The van der Waals surface area contributed by atoms with Gasteiger partial charge in [-0.05, 0) is 16.3 Å². The van der Waals surface area contributed by atoms with E-state index in [9.17, 15) is 9.46 Å². The van der Waals surface area contributed by atoms with Crippen LogP contribution in [0.3, 0.4) is 0 Å². The molecule has 1 atom stereocenters. The van der Waals surface area contributed by atoms with Gasteiger partial charge in [0.2, 0.25) is 0 Å². The Kier molecular flexibility index (Phi) is 7.80. The summed E-state index contributed by atoms with van der Waals surface area (Å²) >= 11 is 0.565. The molecule has 0 saturated carbocycles. The van der Waals surface area contributed by atoms with E-state index >= 15 is 0 Å². The number of hydrogen-bond acceptors (Lipinski definition) is 4. The normalized spacial score (nSPS) is 13.7. The molecule has 0 bridgehead atoms. The fourth-order valence-electron chi connectivity index (χ4n) is 1.90. The van der Waals surface area contributed by atoms with Crippen molar-refractivity contribution in [2.24, 2.45) is 0 Å². The molecule has 0 aliphatic heterocycles. The Labute approximate surface area is 144 Å². The summed E-state index contributed by atoms with van der Waals surface area (Å²) in [4.78, 5) is 19.2. The Morgan fingerprint density at radius 2 is 1.90 bits per heavy atom. The summed E-state index contributed by atoms with van der Waals surface area (Å²) in [6.07, 6.45) is 0. The van der Waals surface area contributed by atoms with E-state index in [2.05, 4.69) is 23.5 Å². The van der Waals surface area contributed by atoms with Gasteiger partial charge < -0.3 is 15.1 Å².